The molecule has 0 bridgehead atoms. The van der Waals surface area contributed by atoms with Gasteiger partial charge in [-0.05, 0) is 37.5 Å². The van der Waals surface area contributed by atoms with Gasteiger partial charge in [0.2, 0.25) is 11.8 Å². The number of carbonyl (C=O) groups excluding carboxylic acids is 2. The van der Waals surface area contributed by atoms with Crippen LogP contribution < -0.4 is 10.6 Å². The van der Waals surface area contributed by atoms with Crippen LogP contribution in [0.1, 0.15) is 46.1 Å². The minimum Gasteiger partial charge on any atom is -0.382 e. The molecule has 5 nitrogen and oxygen atoms in total. The monoisotopic (exact) mass is 331 g/mol. The Labute approximate surface area is 144 Å². The topological polar surface area (TPSA) is 61.4 Å². The molecule has 0 atom stereocenters. The first-order chi connectivity index (χ1) is 11.2. The van der Waals surface area contributed by atoms with Gasteiger partial charge in [0.25, 0.3) is 0 Å². The third-order valence-corrected chi connectivity index (χ3v) is 4.34. The largest absolute Gasteiger partial charge is 0.382 e. The lowest BCUT2D eigenvalue weighted by molar-refractivity contribution is -0.140. The van der Waals surface area contributed by atoms with E-state index < -0.39 is 0 Å². The fourth-order valence-corrected chi connectivity index (χ4v) is 2.98. The average molecular weight is 331 g/mol. The average Bonchev–Trinajstić information content (AvgIpc) is 2.49. The van der Waals surface area contributed by atoms with E-state index in [1.165, 1.54) is 6.92 Å². The second kappa shape index (κ2) is 7.24. The predicted octanol–water partition coefficient (Wildman–Crippen LogP) is 3.40. The van der Waals surface area contributed by atoms with Gasteiger partial charge < -0.3 is 15.5 Å². The van der Waals surface area contributed by atoms with Crippen molar-refractivity contribution < 1.29 is 9.59 Å². The molecule has 2 amide bonds. The van der Waals surface area contributed by atoms with Crippen LogP contribution >= 0.6 is 0 Å². The van der Waals surface area contributed by atoms with Crippen LogP contribution in [0, 0.1) is 12.3 Å². The molecular weight excluding hydrogens is 302 g/mol. The van der Waals surface area contributed by atoms with Gasteiger partial charge in [0, 0.05) is 42.8 Å². The molecule has 0 unspecified atom stereocenters. The third-order valence-electron chi connectivity index (χ3n) is 4.34. The summed E-state index contributed by atoms with van der Waals surface area (Å²) >= 11 is 0. The van der Waals surface area contributed by atoms with E-state index in [1.807, 2.05) is 43.9 Å². The van der Waals surface area contributed by atoms with E-state index >= 15 is 0 Å². The number of likely N-dealkylation sites (tertiary alicyclic amines) is 1. The normalized spacial score (nSPS) is 16.0. The van der Waals surface area contributed by atoms with Crippen LogP contribution in [-0.2, 0) is 9.59 Å². The van der Waals surface area contributed by atoms with Crippen molar-refractivity contribution >= 4 is 23.2 Å². The molecular formula is C19H29N3O2. The van der Waals surface area contributed by atoms with Gasteiger partial charge in [-0.2, -0.15) is 0 Å². The van der Waals surface area contributed by atoms with E-state index in [0.29, 0.717) is 6.04 Å². The Morgan fingerprint density at radius 3 is 2.33 bits per heavy atom. The number of hydrogen-bond donors (Lipinski definition) is 2. The number of nitrogens with zero attached hydrogens (tertiary/aromatic N) is 1. The molecule has 24 heavy (non-hydrogen) atoms. The standard InChI is InChI=1S/C19H29N3O2/c1-13-6-7-16(20-14(2)23)12-17(13)21-15-8-10-22(11-9-15)18(24)19(3,4)5/h6-7,12,15,21H,8-11H2,1-5H3,(H,20,23). The SMILES string of the molecule is CC(=O)Nc1ccc(C)c(NC2CCN(C(=O)C(C)(C)C)CC2)c1. The maximum Gasteiger partial charge on any atom is 0.227 e. The Kier molecular flexibility index (Phi) is 5.52. The maximum atomic E-state index is 12.4. The van der Waals surface area contributed by atoms with Gasteiger partial charge in [-0.1, -0.05) is 26.8 Å². The quantitative estimate of drug-likeness (QED) is 0.892. The number of aryl methyl sites for hydroxylation is 1. The predicted molar refractivity (Wildman–Crippen MR) is 98.2 cm³/mol. The number of piperidine rings is 1. The summed E-state index contributed by atoms with van der Waals surface area (Å²) < 4.78 is 0. The second-order valence-corrected chi connectivity index (χ2v) is 7.67. The summed E-state index contributed by atoms with van der Waals surface area (Å²) in [5.74, 6) is 0.156. The van der Waals surface area contributed by atoms with Gasteiger partial charge in [-0.15, -0.1) is 0 Å². The number of hydrogen-bond acceptors (Lipinski definition) is 3. The Bertz CT molecular complexity index is 612. The van der Waals surface area contributed by atoms with Crippen LogP contribution in [0.15, 0.2) is 18.2 Å². The van der Waals surface area contributed by atoms with Crippen LogP contribution in [-0.4, -0.2) is 35.8 Å². The molecule has 0 saturated carbocycles. The fourth-order valence-electron chi connectivity index (χ4n) is 2.98. The van der Waals surface area contributed by atoms with Gasteiger partial charge >= 0.3 is 0 Å². The summed E-state index contributed by atoms with van der Waals surface area (Å²) in [4.78, 5) is 25.5. The molecule has 132 valence electrons. The van der Waals surface area contributed by atoms with E-state index in [1.54, 1.807) is 0 Å². The van der Waals surface area contributed by atoms with Crippen molar-refractivity contribution in [3.63, 3.8) is 0 Å². The second-order valence-electron chi connectivity index (χ2n) is 7.67. The molecule has 1 aromatic carbocycles. The van der Waals surface area contributed by atoms with Crippen LogP contribution in [0.3, 0.4) is 0 Å². The zero-order chi connectivity index (χ0) is 17.9. The molecule has 1 saturated heterocycles. The zero-order valence-electron chi connectivity index (χ0n) is 15.4. The molecule has 1 aliphatic rings. The number of amides is 2. The van der Waals surface area contributed by atoms with Crippen molar-refractivity contribution in [2.75, 3.05) is 23.7 Å². The highest BCUT2D eigenvalue weighted by molar-refractivity contribution is 5.89. The fraction of sp³-hybridized carbons (Fsp3) is 0.579. The lowest BCUT2D eigenvalue weighted by atomic mass is 9.93. The molecule has 1 fully saturated rings. The van der Waals surface area contributed by atoms with Crippen molar-refractivity contribution in [2.45, 2.75) is 53.5 Å². The van der Waals surface area contributed by atoms with Gasteiger partial charge in [0.1, 0.15) is 0 Å². The molecule has 0 aliphatic carbocycles. The van der Waals surface area contributed by atoms with Gasteiger partial charge in [-0.25, -0.2) is 0 Å². The molecule has 0 spiro atoms. The summed E-state index contributed by atoms with van der Waals surface area (Å²) in [6, 6.07) is 6.24. The molecule has 1 aromatic rings. The molecule has 1 aliphatic heterocycles. The van der Waals surface area contributed by atoms with Crippen molar-refractivity contribution in [3.8, 4) is 0 Å². The van der Waals surface area contributed by atoms with E-state index in [0.717, 1.165) is 42.9 Å². The first-order valence-electron chi connectivity index (χ1n) is 8.61. The van der Waals surface area contributed by atoms with E-state index in [-0.39, 0.29) is 17.2 Å². The van der Waals surface area contributed by atoms with E-state index in [4.69, 9.17) is 0 Å². The Morgan fingerprint density at radius 1 is 1.17 bits per heavy atom. The van der Waals surface area contributed by atoms with Gasteiger partial charge in [0.15, 0.2) is 0 Å². The number of anilines is 2. The lowest BCUT2D eigenvalue weighted by Gasteiger charge is -2.36. The Balaban J connectivity index is 1.96. The minimum absolute atomic E-state index is 0.0706. The third kappa shape index (κ3) is 4.73. The minimum atomic E-state index is -0.316. The summed E-state index contributed by atoms with van der Waals surface area (Å²) in [5, 5.41) is 6.39. The Hall–Kier alpha value is -2.04. The van der Waals surface area contributed by atoms with Crippen molar-refractivity contribution in [3.05, 3.63) is 23.8 Å². The van der Waals surface area contributed by atoms with Crippen molar-refractivity contribution in [2.24, 2.45) is 5.41 Å². The maximum absolute atomic E-state index is 12.4. The molecule has 5 heteroatoms. The first kappa shape index (κ1) is 18.3. The van der Waals surface area contributed by atoms with Crippen LogP contribution in [0.2, 0.25) is 0 Å². The number of rotatable bonds is 3. The molecule has 1 heterocycles. The first-order valence-corrected chi connectivity index (χ1v) is 8.61. The summed E-state index contributed by atoms with van der Waals surface area (Å²) in [5.41, 5.74) is 2.68. The van der Waals surface area contributed by atoms with E-state index in [9.17, 15) is 9.59 Å². The van der Waals surface area contributed by atoms with Crippen LogP contribution in [0.5, 0.6) is 0 Å². The van der Waals surface area contributed by atoms with Crippen molar-refractivity contribution in [1.29, 1.82) is 0 Å². The van der Waals surface area contributed by atoms with Gasteiger partial charge in [0.05, 0.1) is 0 Å². The lowest BCUT2D eigenvalue weighted by Crippen LogP contribution is -2.46. The molecule has 2 rings (SSSR count). The summed E-state index contributed by atoms with van der Waals surface area (Å²) in [6.45, 7) is 11.0. The number of nitrogens with one attached hydrogen (secondary N) is 2. The van der Waals surface area contributed by atoms with Crippen LogP contribution in [0.25, 0.3) is 0 Å². The number of carbonyl (C=O) groups is 2. The van der Waals surface area contributed by atoms with Crippen molar-refractivity contribution in [1.82, 2.24) is 4.90 Å². The smallest absolute Gasteiger partial charge is 0.227 e. The zero-order valence-corrected chi connectivity index (χ0v) is 15.4. The summed E-state index contributed by atoms with van der Waals surface area (Å²) in [6.07, 6.45) is 1.87. The molecule has 2 N–H and O–H groups in total. The Morgan fingerprint density at radius 2 is 1.79 bits per heavy atom. The van der Waals surface area contributed by atoms with Gasteiger partial charge in [-0.3, -0.25) is 9.59 Å². The highest BCUT2D eigenvalue weighted by atomic mass is 16.2. The van der Waals surface area contributed by atoms with E-state index in [2.05, 4.69) is 17.6 Å². The molecule has 0 radical (unpaired) electrons. The highest BCUT2D eigenvalue weighted by Crippen LogP contribution is 2.25. The number of benzene rings is 1. The molecule has 0 aromatic heterocycles. The highest BCUT2D eigenvalue weighted by Gasteiger charge is 2.30. The van der Waals surface area contributed by atoms with Crippen LogP contribution in [0.4, 0.5) is 11.4 Å². The summed E-state index contributed by atoms with van der Waals surface area (Å²) in [7, 11) is 0.